The smallest absolute Gasteiger partial charge is 0.242 e. The van der Waals surface area contributed by atoms with Crippen LogP contribution in [0.1, 0.15) is 18.9 Å². The molecule has 1 aliphatic heterocycles. The van der Waals surface area contributed by atoms with Gasteiger partial charge in [-0.05, 0) is 30.7 Å². The van der Waals surface area contributed by atoms with E-state index in [9.17, 15) is 4.79 Å². The molecule has 0 bridgehead atoms. The molecule has 0 spiro atoms. The van der Waals surface area contributed by atoms with Crippen molar-refractivity contribution >= 4 is 28.8 Å². The zero-order valence-corrected chi connectivity index (χ0v) is 11.2. The lowest BCUT2D eigenvalue weighted by atomic mass is 10.1. The molecule has 0 saturated carbocycles. The maximum atomic E-state index is 11.8. The van der Waals surface area contributed by atoms with Crippen molar-refractivity contribution in [2.45, 2.75) is 19.4 Å². The monoisotopic (exact) mass is 263 g/mol. The highest BCUT2D eigenvalue weighted by atomic mass is 32.1. The van der Waals surface area contributed by atoms with Crippen LogP contribution in [-0.2, 0) is 4.79 Å². The number of carbonyl (C=O) groups is 1. The Balaban J connectivity index is 2.24. The number of anilines is 1. The number of carbonyl (C=O) groups excluding carboxylic acids is 1. The molecule has 1 aromatic rings. The fraction of sp³-hybridized carbons (Fsp3) is 0.385. The fourth-order valence-electron chi connectivity index (χ4n) is 2.25. The van der Waals surface area contributed by atoms with Crippen LogP contribution in [0.15, 0.2) is 24.3 Å². The van der Waals surface area contributed by atoms with Gasteiger partial charge >= 0.3 is 0 Å². The van der Waals surface area contributed by atoms with Crippen LogP contribution in [-0.4, -0.2) is 30.0 Å². The van der Waals surface area contributed by atoms with Gasteiger partial charge in [0.25, 0.3) is 0 Å². The Morgan fingerprint density at radius 3 is 2.72 bits per heavy atom. The summed E-state index contributed by atoms with van der Waals surface area (Å²) in [4.78, 5) is 14.3. The minimum absolute atomic E-state index is 0.0885. The maximum Gasteiger partial charge on any atom is 0.242 e. The van der Waals surface area contributed by atoms with Gasteiger partial charge in [0.1, 0.15) is 11.0 Å². The number of nitrogens with zero attached hydrogens (tertiary/aromatic N) is 1. The highest BCUT2D eigenvalue weighted by Gasteiger charge is 2.27. The molecular weight excluding hydrogens is 246 g/mol. The summed E-state index contributed by atoms with van der Waals surface area (Å²) in [5.74, 6) is 0.0992. The summed E-state index contributed by atoms with van der Waals surface area (Å²) >= 11 is 4.93. The summed E-state index contributed by atoms with van der Waals surface area (Å²) < 4.78 is 0. The average Bonchev–Trinajstić information content (AvgIpc) is 2.38. The Kier molecular flexibility index (Phi) is 3.81. The van der Waals surface area contributed by atoms with Gasteiger partial charge in [0.15, 0.2) is 0 Å². The first-order valence-electron chi connectivity index (χ1n) is 6.07. The molecule has 0 radical (unpaired) electrons. The second-order valence-corrected chi connectivity index (χ2v) is 4.76. The highest BCUT2D eigenvalue weighted by Crippen LogP contribution is 2.21. The molecule has 0 aromatic heterocycles. The predicted octanol–water partition coefficient (Wildman–Crippen LogP) is 1.04. The quantitative estimate of drug-likeness (QED) is 0.800. The molecule has 1 saturated heterocycles. The van der Waals surface area contributed by atoms with E-state index in [0.717, 1.165) is 24.2 Å². The summed E-state index contributed by atoms with van der Waals surface area (Å²) in [5.41, 5.74) is 7.46. The van der Waals surface area contributed by atoms with Crippen molar-refractivity contribution in [2.75, 3.05) is 18.0 Å². The molecule has 1 heterocycles. The predicted molar refractivity (Wildman–Crippen MR) is 76.8 cm³/mol. The zero-order chi connectivity index (χ0) is 13.1. The number of thiocarbonyl (C=S) groups is 1. The Morgan fingerprint density at radius 1 is 1.50 bits per heavy atom. The van der Waals surface area contributed by atoms with E-state index in [1.807, 2.05) is 31.2 Å². The molecule has 18 heavy (non-hydrogen) atoms. The largest absolute Gasteiger partial charge is 0.389 e. The summed E-state index contributed by atoms with van der Waals surface area (Å²) in [7, 11) is 0. The molecule has 96 valence electrons. The lowest BCUT2D eigenvalue weighted by molar-refractivity contribution is -0.123. The van der Waals surface area contributed by atoms with E-state index in [2.05, 4.69) is 10.2 Å². The molecule has 3 N–H and O–H groups in total. The van der Waals surface area contributed by atoms with Gasteiger partial charge in [-0.3, -0.25) is 4.79 Å². The van der Waals surface area contributed by atoms with Crippen LogP contribution >= 0.6 is 12.2 Å². The first kappa shape index (κ1) is 12.8. The van der Waals surface area contributed by atoms with Crippen molar-refractivity contribution < 1.29 is 4.79 Å². The second kappa shape index (κ2) is 5.35. The normalized spacial score (nSPS) is 19.5. The summed E-state index contributed by atoms with van der Waals surface area (Å²) in [6, 6.07) is 7.65. The van der Waals surface area contributed by atoms with Gasteiger partial charge in [-0.1, -0.05) is 19.1 Å². The van der Waals surface area contributed by atoms with Crippen LogP contribution in [0.3, 0.4) is 0 Å². The highest BCUT2D eigenvalue weighted by molar-refractivity contribution is 7.80. The lowest BCUT2D eigenvalue weighted by Gasteiger charge is -2.36. The number of hydrogen-bond acceptors (Lipinski definition) is 3. The number of rotatable bonds is 3. The first-order valence-corrected chi connectivity index (χ1v) is 6.48. The van der Waals surface area contributed by atoms with Crippen LogP contribution in [0, 0.1) is 0 Å². The molecule has 5 heteroatoms. The van der Waals surface area contributed by atoms with Crippen LogP contribution in [0.4, 0.5) is 5.69 Å². The number of nitrogens with two attached hydrogens (primary N) is 1. The van der Waals surface area contributed by atoms with Crippen LogP contribution in [0.2, 0.25) is 0 Å². The van der Waals surface area contributed by atoms with Gasteiger partial charge < -0.3 is 16.0 Å². The van der Waals surface area contributed by atoms with Crippen molar-refractivity contribution in [3.63, 3.8) is 0 Å². The second-order valence-electron chi connectivity index (χ2n) is 4.32. The van der Waals surface area contributed by atoms with Gasteiger partial charge in [-0.25, -0.2) is 0 Å². The zero-order valence-electron chi connectivity index (χ0n) is 10.3. The third-order valence-electron chi connectivity index (χ3n) is 3.20. The molecule has 2 rings (SSSR count). The van der Waals surface area contributed by atoms with Gasteiger partial charge in [0, 0.05) is 24.3 Å². The van der Waals surface area contributed by atoms with E-state index in [4.69, 9.17) is 18.0 Å². The molecule has 4 nitrogen and oxygen atoms in total. The fourth-order valence-corrected chi connectivity index (χ4v) is 2.38. The molecule has 0 aliphatic carbocycles. The van der Waals surface area contributed by atoms with E-state index in [-0.39, 0.29) is 11.9 Å². The molecule has 1 fully saturated rings. The number of piperazine rings is 1. The number of amides is 1. The van der Waals surface area contributed by atoms with Gasteiger partial charge in [-0.2, -0.15) is 0 Å². The van der Waals surface area contributed by atoms with Crippen LogP contribution in [0.25, 0.3) is 0 Å². The summed E-state index contributed by atoms with van der Waals surface area (Å²) in [6.07, 6.45) is 0.795. The molecular formula is C13H17N3OS. The van der Waals surface area contributed by atoms with Crippen molar-refractivity contribution in [2.24, 2.45) is 5.73 Å². The standard InChI is InChI=1S/C13H17N3OS/c1-2-11-13(17)15-7-8-16(11)10-5-3-9(4-6-10)12(14)18/h3-6,11H,2,7-8H2,1H3,(H2,14,18)(H,15,17). The van der Waals surface area contributed by atoms with E-state index in [1.165, 1.54) is 0 Å². The minimum atomic E-state index is -0.0885. The molecule has 1 atom stereocenters. The first-order chi connectivity index (χ1) is 8.63. The van der Waals surface area contributed by atoms with Crippen LogP contribution in [0.5, 0.6) is 0 Å². The topological polar surface area (TPSA) is 58.4 Å². The summed E-state index contributed by atoms with van der Waals surface area (Å²) in [5, 5.41) is 2.89. The molecule has 1 aliphatic rings. The minimum Gasteiger partial charge on any atom is -0.389 e. The van der Waals surface area contributed by atoms with E-state index in [0.29, 0.717) is 11.5 Å². The van der Waals surface area contributed by atoms with Crippen LogP contribution < -0.4 is 16.0 Å². The molecule has 1 aromatic carbocycles. The lowest BCUT2D eigenvalue weighted by Crippen LogP contribution is -2.55. The Bertz CT molecular complexity index is 458. The number of benzene rings is 1. The third-order valence-corrected chi connectivity index (χ3v) is 3.44. The van der Waals surface area contributed by atoms with Crippen molar-refractivity contribution in [1.29, 1.82) is 0 Å². The maximum absolute atomic E-state index is 11.8. The Labute approximate surface area is 112 Å². The van der Waals surface area contributed by atoms with E-state index in [1.54, 1.807) is 0 Å². The van der Waals surface area contributed by atoms with E-state index >= 15 is 0 Å². The third kappa shape index (κ3) is 2.46. The van der Waals surface area contributed by atoms with E-state index < -0.39 is 0 Å². The van der Waals surface area contributed by atoms with Crippen molar-refractivity contribution in [3.05, 3.63) is 29.8 Å². The summed E-state index contributed by atoms with van der Waals surface area (Å²) in [6.45, 7) is 3.54. The molecule has 1 unspecified atom stereocenters. The van der Waals surface area contributed by atoms with Crippen molar-refractivity contribution in [3.8, 4) is 0 Å². The average molecular weight is 263 g/mol. The number of nitrogens with one attached hydrogen (secondary N) is 1. The van der Waals surface area contributed by atoms with Gasteiger partial charge in [0.2, 0.25) is 5.91 Å². The van der Waals surface area contributed by atoms with Gasteiger partial charge in [-0.15, -0.1) is 0 Å². The number of hydrogen-bond donors (Lipinski definition) is 2. The Morgan fingerprint density at radius 2 is 2.17 bits per heavy atom. The van der Waals surface area contributed by atoms with Crippen molar-refractivity contribution in [1.82, 2.24) is 5.32 Å². The van der Waals surface area contributed by atoms with Gasteiger partial charge in [0.05, 0.1) is 0 Å². The SMILES string of the molecule is CCC1C(=O)NCCN1c1ccc(C(N)=S)cc1. The molecule has 1 amide bonds. The Hall–Kier alpha value is -1.62.